The van der Waals surface area contributed by atoms with Crippen LogP contribution in [0.2, 0.25) is 0 Å². The lowest BCUT2D eigenvalue weighted by Crippen LogP contribution is -2.17. The van der Waals surface area contributed by atoms with Gasteiger partial charge in [-0.2, -0.15) is 13.2 Å². The van der Waals surface area contributed by atoms with Gasteiger partial charge in [0.2, 0.25) is 0 Å². The van der Waals surface area contributed by atoms with E-state index in [0.717, 1.165) is 31.4 Å². The predicted molar refractivity (Wildman–Crippen MR) is 62.7 cm³/mol. The third-order valence-electron chi connectivity index (χ3n) is 2.90. The van der Waals surface area contributed by atoms with Crippen molar-refractivity contribution in [1.82, 2.24) is 5.32 Å². The molecule has 0 spiro atoms. The molecule has 1 aromatic carbocycles. The minimum Gasteiger partial charge on any atom is -0.313 e. The normalized spacial score (nSPS) is 13.7. The van der Waals surface area contributed by atoms with Crippen molar-refractivity contribution in [1.29, 1.82) is 0 Å². The number of rotatable bonds is 5. The zero-order chi connectivity index (χ0) is 13.8. The molecule has 1 unspecified atom stereocenters. The quantitative estimate of drug-likeness (QED) is 0.781. The highest BCUT2D eigenvalue weighted by Gasteiger charge is 2.34. The van der Waals surface area contributed by atoms with E-state index in [4.69, 9.17) is 0 Å². The van der Waals surface area contributed by atoms with Crippen LogP contribution in [0.5, 0.6) is 0 Å². The molecule has 1 nitrogen and oxygen atoms in total. The fourth-order valence-corrected chi connectivity index (χ4v) is 1.86. The molecule has 0 aromatic heterocycles. The molecule has 1 rings (SSSR count). The summed E-state index contributed by atoms with van der Waals surface area (Å²) in [5, 5.41) is 2.99. The molecule has 0 saturated heterocycles. The smallest absolute Gasteiger partial charge is 0.313 e. The molecule has 0 aliphatic heterocycles. The highest BCUT2D eigenvalue weighted by atomic mass is 19.4. The minimum absolute atomic E-state index is 0.110. The van der Waals surface area contributed by atoms with E-state index in [1.165, 1.54) is 6.07 Å². The van der Waals surface area contributed by atoms with Crippen molar-refractivity contribution in [2.45, 2.75) is 38.4 Å². The van der Waals surface area contributed by atoms with Crippen LogP contribution in [-0.2, 0) is 6.18 Å². The maximum atomic E-state index is 13.4. The average molecular weight is 263 g/mol. The van der Waals surface area contributed by atoms with Crippen LogP contribution in [0.3, 0.4) is 0 Å². The minimum atomic E-state index is -4.64. The third kappa shape index (κ3) is 3.70. The summed E-state index contributed by atoms with van der Waals surface area (Å²) in [4.78, 5) is 0. The summed E-state index contributed by atoms with van der Waals surface area (Å²) in [6.45, 7) is 2.03. The summed E-state index contributed by atoms with van der Waals surface area (Å²) in [7, 11) is 1.72. The molecule has 1 atom stereocenters. The van der Waals surface area contributed by atoms with Gasteiger partial charge in [0, 0.05) is 6.04 Å². The molecule has 18 heavy (non-hydrogen) atoms. The SMILES string of the molecule is CCCCC(NC)c1ccc(C(F)(F)F)c(F)c1. The molecule has 0 fully saturated rings. The van der Waals surface area contributed by atoms with Gasteiger partial charge in [-0.05, 0) is 31.2 Å². The summed E-state index contributed by atoms with van der Waals surface area (Å²) < 4.78 is 50.6. The third-order valence-corrected chi connectivity index (χ3v) is 2.90. The van der Waals surface area contributed by atoms with E-state index in [0.29, 0.717) is 5.56 Å². The van der Waals surface area contributed by atoms with Gasteiger partial charge in [0.25, 0.3) is 0 Å². The molecule has 0 bridgehead atoms. The van der Waals surface area contributed by atoms with E-state index in [-0.39, 0.29) is 6.04 Å². The Morgan fingerprint density at radius 1 is 1.28 bits per heavy atom. The number of hydrogen-bond acceptors (Lipinski definition) is 1. The van der Waals surface area contributed by atoms with Crippen molar-refractivity contribution in [3.8, 4) is 0 Å². The highest BCUT2D eigenvalue weighted by Crippen LogP contribution is 2.32. The highest BCUT2D eigenvalue weighted by molar-refractivity contribution is 5.28. The maximum Gasteiger partial charge on any atom is 0.419 e. The van der Waals surface area contributed by atoms with Crippen LogP contribution in [0.1, 0.15) is 43.4 Å². The van der Waals surface area contributed by atoms with E-state index < -0.39 is 17.6 Å². The first-order valence-corrected chi connectivity index (χ1v) is 5.94. The predicted octanol–water partition coefficient (Wildman–Crippen LogP) is 4.30. The Morgan fingerprint density at radius 3 is 2.39 bits per heavy atom. The molecular weight excluding hydrogens is 246 g/mol. The Bertz CT molecular complexity index is 387. The van der Waals surface area contributed by atoms with Crippen molar-refractivity contribution >= 4 is 0 Å². The summed E-state index contributed by atoms with van der Waals surface area (Å²) in [5.74, 6) is -1.21. The van der Waals surface area contributed by atoms with Crippen molar-refractivity contribution in [2.75, 3.05) is 7.05 Å². The lowest BCUT2D eigenvalue weighted by atomic mass is 9.99. The molecule has 0 aliphatic carbocycles. The van der Waals surface area contributed by atoms with Gasteiger partial charge in [-0.25, -0.2) is 4.39 Å². The Kier molecular flexibility index (Phi) is 5.14. The second-order valence-electron chi connectivity index (χ2n) is 4.22. The van der Waals surface area contributed by atoms with E-state index in [9.17, 15) is 17.6 Å². The fraction of sp³-hybridized carbons (Fsp3) is 0.538. The first kappa shape index (κ1) is 15.0. The van der Waals surface area contributed by atoms with E-state index >= 15 is 0 Å². The lowest BCUT2D eigenvalue weighted by molar-refractivity contribution is -0.140. The van der Waals surface area contributed by atoms with Gasteiger partial charge in [-0.15, -0.1) is 0 Å². The first-order valence-electron chi connectivity index (χ1n) is 5.94. The molecule has 1 N–H and O–H groups in total. The second-order valence-corrected chi connectivity index (χ2v) is 4.22. The van der Waals surface area contributed by atoms with Gasteiger partial charge in [0.15, 0.2) is 0 Å². The largest absolute Gasteiger partial charge is 0.419 e. The van der Waals surface area contributed by atoms with E-state index in [1.807, 2.05) is 6.92 Å². The van der Waals surface area contributed by atoms with Crippen LogP contribution in [0.25, 0.3) is 0 Å². The number of halogens is 4. The summed E-state index contributed by atoms with van der Waals surface area (Å²) in [6.07, 6.45) is -1.94. The van der Waals surface area contributed by atoms with Gasteiger partial charge >= 0.3 is 6.18 Å². The Hall–Kier alpha value is -1.10. The topological polar surface area (TPSA) is 12.0 Å². The maximum absolute atomic E-state index is 13.4. The molecule has 0 amide bonds. The Balaban J connectivity index is 2.95. The Morgan fingerprint density at radius 2 is 1.94 bits per heavy atom. The Labute approximate surface area is 104 Å². The summed E-state index contributed by atoms with van der Waals surface area (Å²) in [5.41, 5.74) is -0.659. The fourth-order valence-electron chi connectivity index (χ4n) is 1.86. The number of benzene rings is 1. The van der Waals surface area contributed by atoms with Crippen molar-refractivity contribution in [2.24, 2.45) is 0 Å². The van der Waals surface area contributed by atoms with Crippen LogP contribution in [0, 0.1) is 5.82 Å². The summed E-state index contributed by atoms with van der Waals surface area (Å²) in [6, 6.07) is 3.00. The van der Waals surface area contributed by atoms with Crippen molar-refractivity contribution in [3.05, 3.63) is 35.1 Å². The monoisotopic (exact) mass is 263 g/mol. The van der Waals surface area contributed by atoms with Crippen LogP contribution in [0.4, 0.5) is 17.6 Å². The molecule has 0 saturated carbocycles. The number of alkyl halides is 3. The standard InChI is InChI=1S/C13H17F4N/c1-3-4-5-12(18-2)9-6-7-10(11(14)8-9)13(15,16)17/h6-8,12,18H,3-5H2,1-2H3. The molecule has 0 heterocycles. The van der Waals surface area contributed by atoms with Crippen molar-refractivity contribution < 1.29 is 17.6 Å². The van der Waals surface area contributed by atoms with Gasteiger partial charge in [0.1, 0.15) is 5.82 Å². The second kappa shape index (κ2) is 6.18. The lowest BCUT2D eigenvalue weighted by Gasteiger charge is -2.17. The molecular formula is C13H17F4N. The van der Waals surface area contributed by atoms with Gasteiger partial charge in [-0.1, -0.05) is 25.8 Å². The molecule has 102 valence electrons. The molecule has 1 aromatic rings. The van der Waals surface area contributed by atoms with Gasteiger partial charge in [-0.3, -0.25) is 0 Å². The number of nitrogens with one attached hydrogen (secondary N) is 1. The zero-order valence-electron chi connectivity index (χ0n) is 10.4. The van der Waals surface area contributed by atoms with Crippen molar-refractivity contribution in [3.63, 3.8) is 0 Å². The van der Waals surface area contributed by atoms with E-state index in [1.54, 1.807) is 7.05 Å². The average Bonchev–Trinajstić information content (AvgIpc) is 2.28. The molecule has 5 heteroatoms. The number of hydrogen-bond donors (Lipinski definition) is 1. The number of unbranched alkanes of at least 4 members (excludes halogenated alkanes) is 1. The van der Waals surface area contributed by atoms with Gasteiger partial charge in [0.05, 0.1) is 5.56 Å². The van der Waals surface area contributed by atoms with Crippen LogP contribution >= 0.6 is 0 Å². The van der Waals surface area contributed by atoms with Gasteiger partial charge < -0.3 is 5.32 Å². The first-order chi connectivity index (χ1) is 8.40. The molecule has 0 aliphatic rings. The zero-order valence-corrected chi connectivity index (χ0v) is 10.4. The van der Waals surface area contributed by atoms with Crippen LogP contribution in [0.15, 0.2) is 18.2 Å². The van der Waals surface area contributed by atoms with Crippen LogP contribution < -0.4 is 5.32 Å². The van der Waals surface area contributed by atoms with E-state index in [2.05, 4.69) is 5.32 Å². The molecule has 0 radical (unpaired) electrons. The van der Waals surface area contributed by atoms with Crippen LogP contribution in [-0.4, -0.2) is 7.05 Å². The summed E-state index contributed by atoms with van der Waals surface area (Å²) >= 11 is 0.